The van der Waals surface area contributed by atoms with Crippen molar-refractivity contribution in [2.24, 2.45) is 0 Å². The Balaban J connectivity index is 2.42. The van der Waals surface area contributed by atoms with Gasteiger partial charge in [-0.1, -0.05) is 71.6 Å². The fourth-order valence-corrected chi connectivity index (χ4v) is 3.84. The lowest BCUT2D eigenvalue weighted by Gasteiger charge is -2.19. The third-order valence-corrected chi connectivity index (χ3v) is 5.74. The highest BCUT2D eigenvalue weighted by molar-refractivity contribution is 5.97. The number of nitrogens with one attached hydrogen (secondary N) is 2. The number of nitriles is 1. The van der Waals surface area contributed by atoms with Crippen LogP contribution < -0.4 is 10.6 Å². The van der Waals surface area contributed by atoms with Crippen LogP contribution in [-0.4, -0.2) is 43.0 Å². The van der Waals surface area contributed by atoms with Crippen LogP contribution in [0.3, 0.4) is 0 Å². The highest BCUT2D eigenvalue weighted by Gasteiger charge is 2.15. The van der Waals surface area contributed by atoms with Gasteiger partial charge in [0.05, 0.1) is 0 Å². The van der Waals surface area contributed by atoms with Crippen LogP contribution in [0.25, 0.3) is 0 Å². The summed E-state index contributed by atoms with van der Waals surface area (Å²) in [6.07, 6.45) is 16.2. The van der Waals surface area contributed by atoms with Crippen molar-refractivity contribution in [3.05, 3.63) is 11.8 Å². The quantitative estimate of drug-likeness (QED) is 0.345. The van der Waals surface area contributed by atoms with Crippen LogP contribution in [0.4, 0.5) is 0 Å². The largest absolute Gasteiger partial charge is 0.390 e. The van der Waals surface area contributed by atoms with E-state index in [2.05, 4.69) is 35.5 Å². The van der Waals surface area contributed by atoms with Crippen LogP contribution in [0.5, 0.6) is 0 Å². The zero-order valence-corrected chi connectivity index (χ0v) is 18.3. The van der Waals surface area contributed by atoms with Gasteiger partial charge in [-0.15, -0.1) is 0 Å². The van der Waals surface area contributed by atoms with E-state index >= 15 is 0 Å². The van der Waals surface area contributed by atoms with Gasteiger partial charge in [0.25, 0.3) is 5.91 Å². The Labute approximate surface area is 172 Å². The molecule has 0 aliphatic heterocycles. The molecule has 1 saturated carbocycles. The van der Waals surface area contributed by atoms with Gasteiger partial charge in [-0.25, -0.2) is 0 Å². The molecule has 28 heavy (non-hydrogen) atoms. The van der Waals surface area contributed by atoms with Crippen molar-refractivity contribution in [3.63, 3.8) is 0 Å². The lowest BCUT2D eigenvalue weighted by Crippen LogP contribution is -2.36. The third-order valence-electron chi connectivity index (χ3n) is 5.74. The second-order valence-corrected chi connectivity index (χ2v) is 7.93. The molecule has 1 aliphatic rings. The van der Waals surface area contributed by atoms with Crippen LogP contribution in [0.1, 0.15) is 90.9 Å². The average Bonchev–Trinajstić information content (AvgIpc) is 2.69. The molecule has 0 saturated heterocycles. The zero-order valence-electron chi connectivity index (χ0n) is 18.3. The maximum absolute atomic E-state index is 12.5. The topological polar surface area (TPSA) is 68.2 Å². The van der Waals surface area contributed by atoms with Crippen molar-refractivity contribution < 1.29 is 4.79 Å². The molecule has 1 fully saturated rings. The Morgan fingerprint density at radius 2 is 1.54 bits per heavy atom. The molecule has 0 aromatic rings. The summed E-state index contributed by atoms with van der Waals surface area (Å²) in [4.78, 5) is 14.9. The van der Waals surface area contributed by atoms with Crippen molar-refractivity contribution in [3.8, 4) is 6.07 Å². The molecular formula is C23H42N4O. The smallest absolute Gasteiger partial charge is 0.263 e. The summed E-state index contributed by atoms with van der Waals surface area (Å²) in [5.41, 5.74) is 0.189. The Kier molecular flexibility index (Phi) is 14.4. The zero-order chi connectivity index (χ0) is 20.5. The lowest BCUT2D eigenvalue weighted by atomic mass is 9.98. The molecule has 0 atom stereocenters. The van der Waals surface area contributed by atoms with Gasteiger partial charge in [0.15, 0.2) is 0 Å². The number of carbonyl (C=O) groups excluding carboxylic acids is 1. The molecule has 0 unspecified atom stereocenters. The van der Waals surface area contributed by atoms with Crippen molar-refractivity contribution in [2.75, 3.05) is 26.2 Å². The lowest BCUT2D eigenvalue weighted by molar-refractivity contribution is -0.117. The summed E-state index contributed by atoms with van der Waals surface area (Å²) in [6.45, 7) is 8.25. The van der Waals surface area contributed by atoms with Gasteiger partial charge in [-0.05, 0) is 38.9 Å². The second kappa shape index (κ2) is 16.4. The Morgan fingerprint density at radius 1 is 1.00 bits per heavy atom. The van der Waals surface area contributed by atoms with Crippen molar-refractivity contribution in [1.29, 1.82) is 5.26 Å². The first-order chi connectivity index (χ1) is 13.7. The van der Waals surface area contributed by atoms with Gasteiger partial charge >= 0.3 is 0 Å². The standard InChI is InChI=1S/C23H42N4O/c1-3-27(4-2)18-14-17-25-20-21(19-24)23(28)26-22-15-12-10-8-6-5-7-9-11-13-16-22/h20,22,25H,3-18H2,1-2H3,(H,26,28)/b21-20-. The van der Waals surface area contributed by atoms with E-state index in [1.54, 1.807) is 6.20 Å². The van der Waals surface area contributed by atoms with E-state index < -0.39 is 0 Å². The van der Waals surface area contributed by atoms with Gasteiger partial charge < -0.3 is 15.5 Å². The SMILES string of the molecule is CCN(CC)CCCN/C=C(/C#N)C(=O)NC1CCCCCCCCCCC1. The van der Waals surface area contributed by atoms with Gasteiger partial charge in [-0.2, -0.15) is 5.26 Å². The molecule has 0 bridgehead atoms. The predicted molar refractivity (Wildman–Crippen MR) is 117 cm³/mol. The highest BCUT2D eigenvalue weighted by atomic mass is 16.1. The number of amides is 1. The van der Waals surface area contributed by atoms with E-state index in [-0.39, 0.29) is 17.5 Å². The first-order valence-electron chi connectivity index (χ1n) is 11.6. The molecule has 160 valence electrons. The summed E-state index contributed by atoms with van der Waals surface area (Å²) >= 11 is 0. The number of nitrogens with zero attached hydrogens (tertiary/aromatic N) is 2. The van der Waals surface area contributed by atoms with E-state index in [0.29, 0.717) is 0 Å². The molecule has 0 heterocycles. The first-order valence-corrected chi connectivity index (χ1v) is 11.6. The van der Waals surface area contributed by atoms with Crippen molar-refractivity contribution in [2.45, 2.75) is 96.9 Å². The van der Waals surface area contributed by atoms with Gasteiger partial charge in [0.2, 0.25) is 0 Å². The second-order valence-electron chi connectivity index (χ2n) is 7.93. The molecular weight excluding hydrogens is 348 g/mol. The number of rotatable bonds is 9. The van der Waals surface area contributed by atoms with Crippen LogP contribution in [0.15, 0.2) is 11.8 Å². The van der Waals surface area contributed by atoms with Crippen LogP contribution in [0.2, 0.25) is 0 Å². The van der Waals surface area contributed by atoms with Gasteiger partial charge in [-0.3, -0.25) is 4.79 Å². The molecule has 5 nitrogen and oxygen atoms in total. The fraction of sp³-hybridized carbons (Fsp3) is 0.826. The summed E-state index contributed by atoms with van der Waals surface area (Å²) in [5.74, 6) is -0.226. The molecule has 1 amide bonds. The summed E-state index contributed by atoms with van der Waals surface area (Å²) in [6, 6.07) is 2.26. The van der Waals surface area contributed by atoms with Crippen LogP contribution in [-0.2, 0) is 4.79 Å². The van der Waals surface area contributed by atoms with Crippen molar-refractivity contribution in [1.82, 2.24) is 15.5 Å². The summed E-state index contributed by atoms with van der Waals surface area (Å²) in [5, 5.41) is 15.6. The number of carbonyl (C=O) groups is 1. The van der Waals surface area contributed by atoms with E-state index in [1.165, 1.54) is 57.8 Å². The molecule has 0 radical (unpaired) electrons. The van der Waals surface area contributed by atoms with E-state index in [4.69, 9.17) is 0 Å². The Morgan fingerprint density at radius 3 is 2.04 bits per heavy atom. The van der Waals surface area contributed by atoms with Crippen LogP contribution >= 0.6 is 0 Å². The van der Waals surface area contributed by atoms with Crippen LogP contribution in [0, 0.1) is 11.3 Å². The minimum atomic E-state index is -0.226. The maximum atomic E-state index is 12.5. The minimum absolute atomic E-state index is 0.189. The number of hydrogen-bond acceptors (Lipinski definition) is 4. The molecule has 1 rings (SSSR count). The monoisotopic (exact) mass is 390 g/mol. The van der Waals surface area contributed by atoms with Crippen molar-refractivity contribution >= 4 is 5.91 Å². The number of hydrogen-bond donors (Lipinski definition) is 2. The van der Waals surface area contributed by atoms with E-state index in [9.17, 15) is 10.1 Å². The summed E-state index contributed by atoms with van der Waals surface area (Å²) < 4.78 is 0. The normalized spacial score (nSPS) is 18.0. The molecule has 0 aromatic carbocycles. The predicted octanol–water partition coefficient (Wildman–Crippen LogP) is 4.50. The maximum Gasteiger partial charge on any atom is 0.263 e. The van der Waals surface area contributed by atoms with Gasteiger partial charge in [0.1, 0.15) is 11.6 Å². The fourth-order valence-electron chi connectivity index (χ4n) is 3.84. The average molecular weight is 391 g/mol. The Bertz CT molecular complexity index is 467. The molecule has 0 aromatic heterocycles. The summed E-state index contributed by atoms with van der Waals surface area (Å²) in [7, 11) is 0. The van der Waals surface area contributed by atoms with E-state index in [0.717, 1.165) is 45.4 Å². The molecule has 0 spiro atoms. The minimum Gasteiger partial charge on any atom is -0.390 e. The third kappa shape index (κ3) is 11.3. The highest BCUT2D eigenvalue weighted by Crippen LogP contribution is 2.17. The van der Waals surface area contributed by atoms with E-state index in [1.807, 2.05) is 0 Å². The molecule has 1 aliphatic carbocycles. The molecule has 2 N–H and O–H groups in total. The Hall–Kier alpha value is -1.54. The molecule has 5 heteroatoms. The van der Waals surface area contributed by atoms with Gasteiger partial charge in [0, 0.05) is 18.8 Å². The first kappa shape index (κ1) is 24.5.